The van der Waals surface area contributed by atoms with Crippen LogP contribution in [-0.2, 0) is 21.3 Å². The quantitative estimate of drug-likeness (QED) is 0.801. The smallest absolute Gasteiger partial charge is 0.245 e. The van der Waals surface area contributed by atoms with Crippen molar-refractivity contribution in [3.05, 3.63) is 14.7 Å². The lowest BCUT2D eigenvalue weighted by atomic mass is 10.1. The molecule has 2 heterocycles. The minimum absolute atomic E-state index is 0.00714. The van der Waals surface area contributed by atoms with Crippen LogP contribution in [0.25, 0.3) is 0 Å². The molecule has 120 valence electrons. The van der Waals surface area contributed by atoms with Crippen molar-refractivity contribution in [3.63, 3.8) is 0 Å². The standard InChI is InChI=1S/C13H21BrN2O3S2/c1-3-19-10-5-4-6-16(9-10)21(17,18)12-7-11(8-15-2)20-13(12)14/h7,10,15H,3-6,8-9H2,1-2H3. The molecule has 0 saturated carbocycles. The topological polar surface area (TPSA) is 58.6 Å². The number of sulfonamides is 1. The van der Waals surface area contributed by atoms with Gasteiger partial charge >= 0.3 is 0 Å². The van der Waals surface area contributed by atoms with E-state index in [-0.39, 0.29) is 6.10 Å². The summed E-state index contributed by atoms with van der Waals surface area (Å²) in [6, 6.07) is 1.75. The van der Waals surface area contributed by atoms with Gasteiger partial charge in [0.25, 0.3) is 0 Å². The highest BCUT2D eigenvalue weighted by atomic mass is 79.9. The van der Waals surface area contributed by atoms with Gasteiger partial charge in [0.1, 0.15) is 4.90 Å². The molecule has 1 atom stereocenters. The molecule has 1 N–H and O–H groups in total. The predicted octanol–water partition coefficient (Wildman–Crippen LogP) is 2.42. The lowest BCUT2D eigenvalue weighted by Gasteiger charge is -2.31. The van der Waals surface area contributed by atoms with Crippen LogP contribution in [-0.4, -0.2) is 45.6 Å². The monoisotopic (exact) mass is 396 g/mol. The first-order valence-electron chi connectivity index (χ1n) is 7.03. The number of ether oxygens (including phenoxy) is 1. The van der Waals surface area contributed by atoms with Crippen LogP contribution in [0.4, 0.5) is 0 Å². The van der Waals surface area contributed by atoms with Crippen molar-refractivity contribution in [2.75, 3.05) is 26.7 Å². The van der Waals surface area contributed by atoms with Crippen molar-refractivity contribution in [2.45, 2.75) is 37.3 Å². The number of nitrogens with zero attached hydrogens (tertiary/aromatic N) is 1. The highest BCUT2D eigenvalue weighted by molar-refractivity contribution is 9.11. The number of hydrogen-bond acceptors (Lipinski definition) is 5. The molecular formula is C13H21BrN2O3S2. The van der Waals surface area contributed by atoms with Gasteiger partial charge < -0.3 is 10.1 Å². The van der Waals surface area contributed by atoms with Gasteiger partial charge in [-0.05, 0) is 48.8 Å². The SMILES string of the molecule is CCOC1CCCN(S(=O)(=O)c2cc(CNC)sc2Br)C1. The second-order valence-corrected chi connectivity index (χ2v) is 9.32. The van der Waals surface area contributed by atoms with Gasteiger partial charge in [-0.15, -0.1) is 11.3 Å². The van der Waals surface area contributed by atoms with Crippen molar-refractivity contribution in [1.82, 2.24) is 9.62 Å². The van der Waals surface area contributed by atoms with Gasteiger partial charge in [0.15, 0.2) is 0 Å². The fourth-order valence-electron chi connectivity index (χ4n) is 2.47. The number of nitrogens with one attached hydrogen (secondary N) is 1. The van der Waals surface area contributed by atoms with Gasteiger partial charge in [-0.3, -0.25) is 0 Å². The van der Waals surface area contributed by atoms with Crippen molar-refractivity contribution >= 4 is 37.3 Å². The average Bonchev–Trinajstić information content (AvgIpc) is 2.81. The van der Waals surface area contributed by atoms with Gasteiger partial charge in [0, 0.05) is 31.1 Å². The Balaban J connectivity index is 2.20. The molecule has 1 fully saturated rings. The van der Waals surface area contributed by atoms with Crippen molar-refractivity contribution in [1.29, 1.82) is 0 Å². The van der Waals surface area contributed by atoms with Crippen LogP contribution >= 0.6 is 27.3 Å². The Hall–Kier alpha value is 0.01000. The molecule has 0 bridgehead atoms. The number of hydrogen-bond donors (Lipinski definition) is 1. The summed E-state index contributed by atoms with van der Waals surface area (Å²) in [5, 5.41) is 3.04. The first kappa shape index (κ1) is 17.4. The van der Waals surface area contributed by atoms with E-state index >= 15 is 0 Å². The predicted molar refractivity (Wildman–Crippen MR) is 88.2 cm³/mol. The van der Waals surface area contributed by atoms with E-state index < -0.39 is 10.0 Å². The van der Waals surface area contributed by atoms with E-state index in [4.69, 9.17) is 4.74 Å². The van der Waals surface area contributed by atoms with E-state index in [1.54, 1.807) is 10.4 Å². The van der Waals surface area contributed by atoms with Crippen LogP contribution < -0.4 is 5.32 Å². The molecule has 1 aliphatic heterocycles. The molecule has 8 heteroatoms. The molecule has 1 saturated heterocycles. The molecule has 0 amide bonds. The Morgan fingerprint density at radius 1 is 1.57 bits per heavy atom. The second kappa shape index (κ2) is 7.52. The summed E-state index contributed by atoms with van der Waals surface area (Å²) in [4.78, 5) is 1.37. The zero-order valence-corrected chi connectivity index (χ0v) is 15.5. The highest BCUT2D eigenvalue weighted by Crippen LogP contribution is 2.34. The maximum absolute atomic E-state index is 12.8. The minimum Gasteiger partial charge on any atom is -0.377 e. The normalized spacial score (nSPS) is 20.8. The van der Waals surface area contributed by atoms with E-state index in [1.165, 1.54) is 11.3 Å². The third kappa shape index (κ3) is 4.05. The first-order chi connectivity index (χ1) is 9.98. The molecule has 21 heavy (non-hydrogen) atoms. The minimum atomic E-state index is -3.45. The summed E-state index contributed by atoms with van der Waals surface area (Å²) in [5.74, 6) is 0. The first-order valence-corrected chi connectivity index (χ1v) is 10.1. The van der Waals surface area contributed by atoms with E-state index in [0.717, 1.165) is 17.7 Å². The third-order valence-corrected chi connectivity index (χ3v) is 7.54. The summed E-state index contributed by atoms with van der Waals surface area (Å²) in [7, 11) is -1.61. The molecular weight excluding hydrogens is 376 g/mol. The Labute approximate surface area is 138 Å². The maximum atomic E-state index is 12.8. The van der Waals surface area contributed by atoms with Crippen LogP contribution in [0.5, 0.6) is 0 Å². The Morgan fingerprint density at radius 2 is 2.33 bits per heavy atom. The van der Waals surface area contributed by atoms with E-state index in [0.29, 0.717) is 34.9 Å². The molecule has 1 unspecified atom stereocenters. The molecule has 0 aliphatic carbocycles. The Kier molecular flexibility index (Phi) is 6.22. The summed E-state index contributed by atoms with van der Waals surface area (Å²) in [5.41, 5.74) is 0. The number of halogens is 1. The van der Waals surface area contributed by atoms with Gasteiger partial charge in [0.05, 0.1) is 9.89 Å². The van der Waals surface area contributed by atoms with Crippen molar-refractivity contribution in [2.24, 2.45) is 0 Å². The van der Waals surface area contributed by atoms with E-state index in [2.05, 4.69) is 21.2 Å². The van der Waals surface area contributed by atoms with Gasteiger partial charge in [-0.25, -0.2) is 8.42 Å². The molecule has 0 aromatic carbocycles. The number of piperidine rings is 1. The second-order valence-electron chi connectivity index (χ2n) is 4.96. The Morgan fingerprint density at radius 3 is 3.00 bits per heavy atom. The van der Waals surface area contributed by atoms with Gasteiger partial charge in [0.2, 0.25) is 10.0 Å². The van der Waals surface area contributed by atoms with Crippen LogP contribution in [0, 0.1) is 0 Å². The van der Waals surface area contributed by atoms with E-state index in [9.17, 15) is 8.42 Å². The summed E-state index contributed by atoms with van der Waals surface area (Å²) >= 11 is 4.85. The molecule has 0 spiro atoms. The third-order valence-electron chi connectivity index (χ3n) is 3.42. The molecule has 1 aliphatic rings. The zero-order chi connectivity index (χ0) is 15.5. The zero-order valence-electron chi connectivity index (χ0n) is 12.3. The molecule has 5 nitrogen and oxygen atoms in total. The number of rotatable bonds is 6. The fraction of sp³-hybridized carbons (Fsp3) is 0.692. The largest absolute Gasteiger partial charge is 0.377 e. The number of thiophene rings is 1. The van der Waals surface area contributed by atoms with E-state index in [1.807, 2.05) is 14.0 Å². The van der Waals surface area contributed by atoms with Crippen LogP contribution in [0.2, 0.25) is 0 Å². The molecule has 1 aromatic heterocycles. The summed E-state index contributed by atoms with van der Waals surface area (Å²) in [6.07, 6.45) is 1.78. The highest BCUT2D eigenvalue weighted by Gasteiger charge is 2.32. The molecule has 0 radical (unpaired) electrons. The summed E-state index contributed by atoms with van der Waals surface area (Å²) in [6.45, 7) is 4.23. The lowest BCUT2D eigenvalue weighted by molar-refractivity contribution is 0.0265. The van der Waals surface area contributed by atoms with Crippen LogP contribution in [0.3, 0.4) is 0 Å². The van der Waals surface area contributed by atoms with Gasteiger partial charge in [-0.1, -0.05) is 0 Å². The molecule has 1 aromatic rings. The maximum Gasteiger partial charge on any atom is 0.245 e. The van der Waals surface area contributed by atoms with Crippen molar-refractivity contribution < 1.29 is 13.2 Å². The molecule has 2 rings (SSSR count). The Bertz CT molecular complexity index is 572. The summed E-state index contributed by atoms with van der Waals surface area (Å²) < 4.78 is 33.4. The average molecular weight is 397 g/mol. The van der Waals surface area contributed by atoms with Crippen LogP contribution in [0.1, 0.15) is 24.6 Å². The van der Waals surface area contributed by atoms with Gasteiger partial charge in [-0.2, -0.15) is 4.31 Å². The van der Waals surface area contributed by atoms with Crippen molar-refractivity contribution in [3.8, 4) is 0 Å². The lowest BCUT2D eigenvalue weighted by Crippen LogP contribution is -2.43. The fourth-order valence-corrected chi connectivity index (χ4v) is 6.62. The van der Waals surface area contributed by atoms with Crippen LogP contribution in [0.15, 0.2) is 14.7 Å².